The van der Waals surface area contributed by atoms with Crippen LogP contribution in [0.15, 0.2) is 4.99 Å². The van der Waals surface area contributed by atoms with Crippen LogP contribution in [0.2, 0.25) is 0 Å². The maximum Gasteiger partial charge on any atom is 0.389 e. The molecular weight excluding hydrogens is 305 g/mol. The van der Waals surface area contributed by atoms with Crippen LogP contribution in [-0.4, -0.2) is 55.8 Å². The van der Waals surface area contributed by atoms with Crippen molar-refractivity contribution < 1.29 is 13.2 Å². The number of piperidine rings is 1. The number of guanidine groups is 1. The van der Waals surface area contributed by atoms with Crippen molar-refractivity contribution in [3.8, 4) is 0 Å². The quantitative estimate of drug-likeness (QED) is 0.426. The van der Waals surface area contributed by atoms with Gasteiger partial charge in [0.05, 0.1) is 0 Å². The zero-order chi connectivity index (χ0) is 17.3. The molecule has 23 heavy (non-hydrogen) atoms. The Hall–Kier alpha value is -0.980. The van der Waals surface area contributed by atoms with Gasteiger partial charge in [-0.05, 0) is 52.6 Å². The monoisotopic (exact) mass is 336 g/mol. The molecule has 1 saturated heterocycles. The van der Waals surface area contributed by atoms with Crippen LogP contribution in [0.1, 0.15) is 52.4 Å². The minimum atomic E-state index is -4.06. The number of aliphatic imine (C=N–C) groups is 1. The fraction of sp³-hybridized carbons (Fsp3) is 0.938. The summed E-state index contributed by atoms with van der Waals surface area (Å²) in [6.45, 7) is 7.93. The predicted molar refractivity (Wildman–Crippen MR) is 88.8 cm³/mol. The summed E-state index contributed by atoms with van der Waals surface area (Å²) < 4.78 is 36.2. The van der Waals surface area contributed by atoms with Gasteiger partial charge in [0.1, 0.15) is 0 Å². The molecule has 0 aliphatic carbocycles. The van der Waals surface area contributed by atoms with Crippen LogP contribution in [0.3, 0.4) is 0 Å². The minimum absolute atomic E-state index is 0.0360. The molecule has 0 aromatic heterocycles. The fourth-order valence-electron chi connectivity index (χ4n) is 2.79. The summed E-state index contributed by atoms with van der Waals surface area (Å²) in [6, 6.07) is 0. The highest BCUT2D eigenvalue weighted by molar-refractivity contribution is 5.79. The maximum atomic E-state index is 12.1. The Morgan fingerprint density at radius 1 is 1.04 bits per heavy atom. The molecule has 0 aromatic carbocycles. The normalized spacial score (nSPS) is 18.1. The highest BCUT2D eigenvalue weighted by atomic mass is 19.4. The summed E-state index contributed by atoms with van der Waals surface area (Å²) in [5, 5.41) is 6.37. The standard InChI is InChI=1S/C16H31F3N4/c1-15(2,23-11-7-4-8-12-23)13-22-14(20-3)21-10-6-5-9-16(17,18)19/h4-13H2,1-3H3,(H2,20,21,22). The van der Waals surface area contributed by atoms with Crippen molar-refractivity contribution in [2.45, 2.75) is 64.1 Å². The molecule has 4 nitrogen and oxygen atoms in total. The molecule has 1 aliphatic rings. The van der Waals surface area contributed by atoms with Crippen LogP contribution in [0.4, 0.5) is 13.2 Å². The first-order chi connectivity index (χ1) is 10.7. The molecule has 7 heteroatoms. The van der Waals surface area contributed by atoms with Crippen molar-refractivity contribution in [3.05, 3.63) is 0 Å². The van der Waals surface area contributed by atoms with Gasteiger partial charge >= 0.3 is 6.18 Å². The van der Waals surface area contributed by atoms with E-state index in [1.165, 1.54) is 19.3 Å². The van der Waals surface area contributed by atoms with Gasteiger partial charge in [0, 0.05) is 32.1 Å². The summed E-state index contributed by atoms with van der Waals surface area (Å²) in [4.78, 5) is 6.62. The van der Waals surface area contributed by atoms with Crippen molar-refractivity contribution >= 4 is 5.96 Å². The Kier molecular flexibility index (Phi) is 8.16. The third-order valence-electron chi connectivity index (χ3n) is 4.30. The lowest BCUT2D eigenvalue weighted by molar-refractivity contribution is -0.135. The van der Waals surface area contributed by atoms with Gasteiger partial charge in [0.15, 0.2) is 5.96 Å². The van der Waals surface area contributed by atoms with Gasteiger partial charge in [-0.1, -0.05) is 6.42 Å². The summed E-state index contributed by atoms with van der Waals surface area (Å²) in [5.41, 5.74) is 0.0360. The molecule has 136 valence electrons. The molecule has 0 aromatic rings. The number of unbranched alkanes of at least 4 members (excludes halogenated alkanes) is 1. The Labute approximate surface area is 137 Å². The fourth-order valence-corrected chi connectivity index (χ4v) is 2.79. The van der Waals surface area contributed by atoms with Gasteiger partial charge in [-0.25, -0.2) is 0 Å². The van der Waals surface area contributed by atoms with E-state index >= 15 is 0 Å². The van der Waals surface area contributed by atoms with Crippen molar-refractivity contribution in [3.63, 3.8) is 0 Å². The highest BCUT2D eigenvalue weighted by Gasteiger charge is 2.28. The first kappa shape index (κ1) is 20.1. The molecule has 0 atom stereocenters. The van der Waals surface area contributed by atoms with E-state index in [1.807, 2.05) is 0 Å². The van der Waals surface area contributed by atoms with Crippen LogP contribution in [0.25, 0.3) is 0 Å². The Morgan fingerprint density at radius 3 is 2.26 bits per heavy atom. The molecule has 1 heterocycles. The van der Waals surface area contributed by atoms with Crippen LogP contribution in [-0.2, 0) is 0 Å². The molecule has 0 unspecified atom stereocenters. The number of nitrogens with zero attached hydrogens (tertiary/aromatic N) is 2. The number of halogens is 3. The lowest BCUT2D eigenvalue weighted by atomic mass is 9.98. The van der Waals surface area contributed by atoms with Crippen molar-refractivity contribution in [1.82, 2.24) is 15.5 Å². The summed E-state index contributed by atoms with van der Waals surface area (Å²) in [5.74, 6) is 0.655. The van der Waals surface area contributed by atoms with Crippen molar-refractivity contribution in [2.75, 3.05) is 33.2 Å². The van der Waals surface area contributed by atoms with E-state index in [9.17, 15) is 13.2 Å². The number of hydrogen-bond donors (Lipinski definition) is 2. The lowest BCUT2D eigenvalue weighted by Crippen LogP contribution is -2.54. The number of hydrogen-bond acceptors (Lipinski definition) is 2. The molecule has 1 aliphatic heterocycles. The van der Waals surface area contributed by atoms with Gasteiger partial charge in [-0.3, -0.25) is 9.89 Å². The van der Waals surface area contributed by atoms with E-state index in [-0.39, 0.29) is 12.0 Å². The smallest absolute Gasteiger partial charge is 0.356 e. The van der Waals surface area contributed by atoms with Crippen molar-refractivity contribution in [1.29, 1.82) is 0 Å². The van der Waals surface area contributed by atoms with E-state index in [0.717, 1.165) is 19.6 Å². The van der Waals surface area contributed by atoms with Gasteiger partial charge in [0.25, 0.3) is 0 Å². The number of rotatable bonds is 7. The zero-order valence-electron chi connectivity index (χ0n) is 14.6. The van der Waals surface area contributed by atoms with Gasteiger partial charge in [-0.15, -0.1) is 0 Å². The first-order valence-corrected chi connectivity index (χ1v) is 8.51. The molecule has 1 rings (SSSR count). The van der Waals surface area contributed by atoms with E-state index in [1.54, 1.807) is 7.05 Å². The van der Waals surface area contributed by atoms with Gasteiger partial charge in [0.2, 0.25) is 0 Å². The Balaban J connectivity index is 2.25. The average Bonchev–Trinajstić information content (AvgIpc) is 2.50. The second kappa shape index (κ2) is 9.35. The van der Waals surface area contributed by atoms with Gasteiger partial charge in [-0.2, -0.15) is 13.2 Å². The molecular formula is C16H31F3N4. The summed E-state index contributed by atoms with van der Waals surface area (Å²) in [6.07, 6.45) is -0.351. The van der Waals surface area contributed by atoms with Crippen LogP contribution >= 0.6 is 0 Å². The SMILES string of the molecule is CN=C(NCCCCC(F)(F)F)NCC(C)(C)N1CCCCC1. The second-order valence-corrected chi connectivity index (χ2v) is 6.78. The molecule has 2 N–H and O–H groups in total. The molecule has 0 radical (unpaired) electrons. The molecule has 0 spiro atoms. The summed E-state index contributed by atoms with van der Waals surface area (Å²) in [7, 11) is 1.68. The Bertz CT molecular complexity index is 361. The number of alkyl halides is 3. The zero-order valence-corrected chi connectivity index (χ0v) is 14.6. The summed E-state index contributed by atoms with van der Waals surface area (Å²) >= 11 is 0. The minimum Gasteiger partial charge on any atom is -0.356 e. The third-order valence-corrected chi connectivity index (χ3v) is 4.30. The predicted octanol–water partition coefficient (Wildman–Crippen LogP) is 3.15. The van der Waals surface area contributed by atoms with Crippen LogP contribution < -0.4 is 10.6 Å². The van der Waals surface area contributed by atoms with E-state index in [2.05, 4.69) is 34.4 Å². The molecule has 0 amide bonds. The van der Waals surface area contributed by atoms with E-state index < -0.39 is 12.6 Å². The average molecular weight is 336 g/mol. The molecule has 1 fully saturated rings. The Morgan fingerprint density at radius 2 is 1.70 bits per heavy atom. The van der Waals surface area contributed by atoms with Crippen molar-refractivity contribution in [2.24, 2.45) is 4.99 Å². The van der Waals surface area contributed by atoms with Crippen LogP contribution in [0, 0.1) is 0 Å². The second-order valence-electron chi connectivity index (χ2n) is 6.78. The largest absolute Gasteiger partial charge is 0.389 e. The van der Waals surface area contributed by atoms with E-state index in [4.69, 9.17) is 0 Å². The topological polar surface area (TPSA) is 39.7 Å². The lowest BCUT2D eigenvalue weighted by Gasteiger charge is -2.41. The maximum absolute atomic E-state index is 12.1. The number of nitrogens with one attached hydrogen (secondary N) is 2. The molecule has 0 saturated carbocycles. The first-order valence-electron chi connectivity index (χ1n) is 8.51. The van der Waals surface area contributed by atoms with Crippen LogP contribution in [0.5, 0.6) is 0 Å². The van der Waals surface area contributed by atoms with Gasteiger partial charge < -0.3 is 10.6 Å². The van der Waals surface area contributed by atoms with E-state index in [0.29, 0.717) is 18.9 Å². The third kappa shape index (κ3) is 8.44. The highest BCUT2D eigenvalue weighted by Crippen LogP contribution is 2.22. The molecule has 0 bridgehead atoms. The number of likely N-dealkylation sites (tertiary alicyclic amines) is 1.